The number of hydrogen-bond donors (Lipinski definition) is 1. The summed E-state index contributed by atoms with van der Waals surface area (Å²) in [7, 11) is -3.52. The molecule has 0 unspecified atom stereocenters. The molecule has 8 heteroatoms. The van der Waals surface area contributed by atoms with Crippen molar-refractivity contribution in [2.45, 2.75) is 33.1 Å². The Morgan fingerprint density at radius 1 is 1.12 bits per heavy atom. The van der Waals surface area contributed by atoms with Gasteiger partial charge in [-0.25, -0.2) is 13.1 Å². The van der Waals surface area contributed by atoms with Gasteiger partial charge in [0.05, 0.1) is 34.6 Å². The van der Waals surface area contributed by atoms with Crippen LogP contribution in [0, 0.1) is 6.92 Å². The predicted octanol–water partition coefficient (Wildman–Crippen LogP) is 3.43. The van der Waals surface area contributed by atoms with Crippen molar-refractivity contribution in [3.05, 3.63) is 77.1 Å². The van der Waals surface area contributed by atoms with E-state index >= 15 is 0 Å². The van der Waals surface area contributed by atoms with Crippen molar-refractivity contribution in [1.29, 1.82) is 0 Å². The number of carbonyl (C=O) groups excluding carboxylic acids is 1. The Kier molecular flexibility index (Phi) is 6.06. The molecule has 0 saturated carbocycles. The molecule has 2 aromatic carbocycles. The van der Waals surface area contributed by atoms with Crippen LogP contribution in [0.3, 0.4) is 0 Å². The van der Waals surface area contributed by atoms with E-state index in [9.17, 15) is 13.2 Å². The van der Waals surface area contributed by atoms with Gasteiger partial charge in [-0.2, -0.15) is 5.10 Å². The molecule has 0 fully saturated rings. The summed E-state index contributed by atoms with van der Waals surface area (Å²) in [6, 6.07) is 15.5. The lowest BCUT2D eigenvalue weighted by Gasteiger charge is -2.19. The second kappa shape index (κ2) is 8.78. The highest BCUT2D eigenvalue weighted by Crippen LogP contribution is 2.30. The van der Waals surface area contributed by atoms with Gasteiger partial charge in [-0.3, -0.25) is 9.10 Å². The molecule has 0 radical (unpaired) electrons. The van der Waals surface area contributed by atoms with Gasteiger partial charge >= 0.3 is 0 Å². The second-order valence-corrected chi connectivity index (χ2v) is 10.4. The number of carbonyl (C=O) groups is 1. The van der Waals surface area contributed by atoms with E-state index in [1.54, 1.807) is 10.9 Å². The molecule has 0 bridgehead atoms. The standard InChI is InChI=1S/C24H28N4O3S/c1-17(2)23-21(16-26-28(23)20-10-8-18(3)9-11-20)24(29)25-13-15-32(30,31)27-14-12-19-6-4-5-7-22(19)27/h4-11,16-17H,12-15H2,1-3H3,(H,25,29). The SMILES string of the molecule is Cc1ccc(-n2ncc(C(=O)NCCS(=O)(=O)N3CCc4ccccc43)c2C(C)C)cc1. The Balaban J connectivity index is 1.46. The quantitative estimate of drug-likeness (QED) is 0.595. The Bertz CT molecular complexity index is 1230. The first-order valence-electron chi connectivity index (χ1n) is 10.8. The molecule has 3 aromatic rings. The Morgan fingerprint density at radius 3 is 2.56 bits per heavy atom. The molecule has 4 rings (SSSR count). The molecule has 2 heterocycles. The lowest BCUT2D eigenvalue weighted by molar-refractivity contribution is 0.0954. The van der Waals surface area contributed by atoms with Crippen molar-refractivity contribution in [2.24, 2.45) is 0 Å². The van der Waals surface area contributed by atoms with Gasteiger partial charge in [-0.15, -0.1) is 0 Å². The van der Waals surface area contributed by atoms with E-state index in [0.29, 0.717) is 18.5 Å². The maximum Gasteiger partial charge on any atom is 0.254 e. The molecule has 0 saturated heterocycles. The first kappa shape index (κ1) is 22.1. The number of benzene rings is 2. The van der Waals surface area contributed by atoms with Crippen LogP contribution in [0.5, 0.6) is 0 Å². The van der Waals surface area contributed by atoms with Gasteiger partial charge in [0.2, 0.25) is 10.0 Å². The molecule has 168 valence electrons. The second-order valence-electron chi connectivity index (χ2n) is 8.37. The van der Waals surface area contributed by atoms with Crippen LogP contribution in [-0.2, 0) is 16.4 Å². The van der Waals surface area contributed by atoms with Gasteiger partial charge in [0, 0.05) is 13.1 Å². The third-order valence-corrected chi connectivity index (χ3v) is 7.47. The van der Waals surface area contributed by atoms with Gasteiger partial charge in [-0.1, -0.05) is 49.7 Å². The number of nitrogens with zero attached hydrogens (tertiary/aromatic N) is 3. The largest absolute Gasteiger partial charge is 0.351 e. The molecular weight excluding hydrogens is 424 g/mol. The third kappa shape index (κ3) is 4.27. The normalized spacial score (nSPS) is 13.4. The summed E-state index contributed by atoms with van der Waals surface area (Å²) in [5, 5.41) is 7.21. The number of amides is 1. The van der Waals surface area contributed by atoms with Crippen LogP contribution in [0.2, 0.25) is 0 Å². The molecule has 32 heavy (non-hydrogen) atoms. The molecule has 1 amide bonds. The van der Waals surface area contributed by atoms with Crippen molar-refractivity contribution in [1.82, 2.24) is 15.1 Å². The zero-order valence-electron chi connectivity index (χ0n) is 18.6. The topological polar surface area (TPSA) is 84.3 Å². The molecule has 1 aliphatic rings. The molecule has 1 N–H and O–H groups in total. The number of fused-ring (bicyclic) bond motifs is 1. The van der Waals surface area contributed by atoms with E-state index in [0.717, 1.165) is 28.2 Å². The lowest BCUT2D eigenvalue weighted by Crippen LogP contribution is -2.37. The summed E-state index contributed by atoms with van der Waals surface area (Å²) in [5.41, 5.74) is 5.05. The minimum absolute atomic E-state index is 0.0348. The van der Waals surface area contributed by atoms with Crippen molar-refractivity contribution < 1.29 is 13.2 Å². The number of sulfonamides is 1. The summed E-state index contributed by atoms with van der Waals surface area (Å²) in [6.45, 7) is 6.51. The molecule has 0 aliphatic carbocycles. The Labute approximate surface area is 189 Å². The highest BCUT2D eigenvalue weighted by molar-refractivity contribution is 7.92. The molecule has 1 aromatic heterocycles. The minimum atomic E-state index is -3.52. The molecule has 7 nitrogen and oxygen atoms in total. The van der Waals surface area contributed by atoms with Crippen LogP contribution in [-0.4, -0.2) is 42.9 Å². The number of aryl methyl sites for hydroxylation is 1. The first-order chi connectivity index (χ1) is 15.3. The van der Waals surface area contributed by atoms with Crippen molar-refractivity contribution in [3.8, 4) is 5.69 Å². The fourth-order valence-corrected chi connectivity index (χ4v) is 5.50. The Morgan fingerprint density at radius 2 is 1.84 bits per heavy atom. The van der Waals surface area contributed by atoms with Gasteiger partial charge in [0.15, 0.2) is 0 Å². The highest BCUT2D eigenvalue weighted by Gasteiger charge is 2.29. The first-order valence-corrected chi connectivity index (χ1v) is 12.4. The Hall–Kier alpha value is -3.13. The number of rotatable bonds is 7. The molecular formula is C24H28N4O3S. The van der Waals surface area contributed by atoms with Crippen LogP contribution >= 0.6 is 0 Å². The fourth-order valence-electron chi connectivity index (χ4n) is 4.08. The van der Waals surface area contributed by atoms with Crippen molar-refractivity contribution in [2.75, 3.05) is 23.1 Å². The summed E-state index contributed by atoms with van der Waals surface area (Å²) < 4.78 is 28.9. The summed E-state index contributed by atoms with van der Waals surface area (Å²) in [4.78, 5) is 12.9. The maximum absolute atomic E-state index is 12.9. The van der Waals surface area contributed by atoms with Crippen LogP contribution < -0.4 is 9.62 Å². The molecule has 1 aliphatic heterocycles. The van der Waals surface area contributed by atoms with Gasteiger partial charge < -0.3 is 5.32 Å². The van der Waals surface area contributed by atoms with E-state index < -0.39 is 10.0 Å². The third-order valence-electron chi connectivity index (χ3n) is 5.70. The average Bonchev–Trinajstić information content (AvgIpc) is 3.39. The monoisotopic (exact) mass is 452 g/mol. The molecule has 0 atom stereocenters. The van der Waals surface area contributed by atoms with Crippen molar-refractivity contribution in [3.63, 3.8) is 0 Å². The van der Waals surface area contributed by atoms with Gasteiger partial charge in [-0.05, 0) is 43.0 Å². The number of para-hydroxylation sites is 1. The zero-order chi connectivity index (χ0) is 22.9. The maximum atomic E-state index is 12.9. The van der Waals surface area contributed by atoms with Gasteiger partial charge in [0.25, 0.3) is 5.91 Å². The number of anilines is 1. The summed E-state index contributed by atoms with van der Waals surface area (Å²) in [6.07, 6.45) is 2.26. The van der Waals surface area contributed by atoms with E-state index in [-0.39, 0.29) is 24.1 Å². The van der Waals surface area contributed by atoms with Crippen molar-refractivity contribution >= 4 is 21.6 Å². The molecule has 0 spiro atoms. The smallest absolute Gasteiger partial charge is 0.254 e. The fraction of sp³-hybridized carbons (Fsp3) is 0.333. The number of hydrogen-bond acceptors (Lipinski definition) is 4. The van der Waals surface area contributed by atoms with E-state index in [4.69, 9.17) is 0 Å². The zero-order valence-corrected chi connectivity index (χ0v) is 19.4. The van der Waals surface area contributed by atoms with E-state index in [1.807, 2.05) is 69.3 Å². The van der Waals surface area contributed by atoms with Crippen LogP contribution in [0.25, 0.3) is 5.69 Å². The minimum Gasteiger partial charge on any atom is -0.351 e. The van der Waals surface area contributed by atoms with Crippen LogP contribution in [0.1, 0.15) is 46.9 Å². The highest BCUT2D eigenvalue weighted by atomic mass is 32.2. The van der Waals surface area contributed by atoms with E-state index in [1.165, 1.54) is 4.31 Å². The summed E-state index contributed by atoms with van der Waals surface area (Å²) in [5.74, 6) is -0.413. The predicted molar refractivity (Wildman–Crippen MR) is 126 cm³/mol. The lowest BCUT2D eigenvalue weighted by atomic mass is 10.0. The van der Waals surface area contributed by atoms with Crippen LogP contribution in [0.4, 0.5) is 5.69 Å². The van der Waals surface area contributed by atoms with Gasteiger partial charge in [0.1, 0.15) is 0 Å². The number of aromatic nitrogens is 2. The summed E-state index contributed by atoms with van der Waals surface area (Å²) >= 11 is 0. The average molecular weight is 453 g/mol. The van der Waals surface area contributed by atoms with E-state index in [2.05, 4.69) is 10.4 Å². The number of nitrogens with one attached hydrogen (secondary N) is 1. The van der Waals surface area contributed by atoms with Crippen LogP contribution in [0.15, 0.2) is 54.7 Å².